The maximum absolute atomic E-state index is 12.7. The summed E-state index contributed by atoms with van der Waals surface area (Å²) in [5.74, 6) is 2.04. The van der Waals surface area contributed by atoms with Crippen molar-refractivity contribution in [2.45, 2.75) is 56.5 Å². The lowest BCUT2D eigenvalue weighted by Gasteiger charge is -2.35. The minimum atomic E-state index is -0.215. The van der Waals surface area contributed by atoms with E-state index >= 15 is 0 Å². The van der Waals surface area contributed by atoms with Gasteiger partial charge in [-0.05, 0) is 37.3 Å². The van der Waals surface area contributed by atoms with Crippen LogP contribution in [0.4, 0.5) is 0 Å². The predicted molar refractivity (Wildman–Crippen MR) is 104 cm³/mol. The van der Waals surface area contributed by atoms with E-state index in [2.05, 4.69) is 34.3 Å². The number of carbonyl (C=O) groups excluding carboxylic acids is 1. The third-order valence-electron chi connectivity index (χ3n) is 5.46. The van der Waals surface area contributed by atoms with Gasteiger partial charge in [-0.15, -0.1) is 10.2 Å². The molecule has 2 aromatic rings. The summed E-state index contributed by atoms with van der Waals surface area (Å²) in [5, 5.41) is 12.3. The second kappa shape index (κ2) is 8.20. The summed E-state index contributed by atoms with van der Waals surface area (Å²) < 4.78 is 1.93. The molecule has 1 N–H and O–H groups in total. The molecule has 0 radical (unpaired) electrons. The fourth-order valence-corrected chi connectivity index (χ4v) is 4.29. The highest BCUT2D eigenvalue weighted by atomic mass is 32.2. The molecule has 0 aromatic carbocycles. The molecular weight excluding hydrogens is 346 g/mol. The first-order valence-corrected chi connectivity index (χ1v) is 10.1. The number of nitrogens with one attached hydrogen (secondary N) is 1. The number of thioether (sulfide) groups is 1. The molecule has 0 unspecified atom stereocenters. The number of aromatic nitrogens is 4. The summed E-state index contributed by atoms with van der Waals surface area (Å²) in [6.45, 7) is 6.45. The molecule has 1 aliphatic rings. The smallest absolute Gasteiger partial charge is 0.233 e. The molecule has 140 valence electrons. The van der Waals surface area contributed by atoms with Crippen LogP contribution in [0.1, 0.15) is 40.0 Å². The van der Waals surface area contributed by atoms with Crippen LogP contribution in [0.15, 0.2) is 29.7 Å². The van der Waals surface area contributed by atoms with Crippen molar-refractivity contribution in [3.05, 3.63) is 24.5 Å². The highest BCUT2D eigenvalue weighted by Gasteiger charge is 2.30. The van der Waals surface area contributed by atoms with E-state index in [1.165, 1.54) is 24.6 Å². The van der Waals surface area contributed by atoms with Crippen LogP contribution in [0.2, 0.25) is 0 Å². The molecule has 1 fully saturated rings. The van der Waals surface area contributed by atoms with Gasteiger partial charge < -0.3 is 9.88 Å². The minimum absolute atomic E-state index is 0.0782. The van der Waals surface area contributed by atoms with Gasteiger partial charge in [-0.1, -0.05) is 38.5 Å². The molecule has 0 saturated heterocycles. The van der Waals surface area contributed by atoms with Gasteiger partial charge >= 0.3 is 0 Å². The predicted octanol–water partition coefficient (Wildman–Crippen LogP) is 3.30. The average Bonchev–Trinajstić information content (AvgIpc) is 3.00. The van der Waals surface area contributed by atoms with Gasteiger partial charge in [-0.25, -0.2) is 0 Å². The zero-order valence-corrected chi connectivity index (χ0v) is 16.7. The fraction of sp³-hybridized carbons (Fsp3) is 0.579. The second-order valence-electron chi connectivity index (χ2n) is 7.24. The Labute approximate surface area is 159 Å². The van der Waals surface area contributed by atoms with E-state index in [0.29, 0.717) is 11.8 Å². The van der Waals surface area contributed by atoms with Crippen LogP contribution in [0.25, 0.3) is 11.4 Å². The quantitative estimate of drug-likeness (QED) is 0.814. The lowest BCUT2D eigenvalue weighted by molar-refractivity contribution is -0.121. The van der Waals surface area contributed by atoms with Gasteiger partial charge in [-0.3, -0.25) is 9.78 Å². The third kappa shape index (κ3) is 4.09. The molecule has 2 heterocycles. The first-order chi connectivity index (χ1) is 12.5. The number of pyridine rings is 1. The Balaban J connectivity index is 1.64. The molecule has 3 rings (SSSR count). The molecule has 0 bridgehead atoms. The maximum Gasteiger partial charge on any atom is 0.233 e. The van der Waals surface area contributed by atoms with Gasteiger partial charge in [0.05, 0.1) is 5.25 Å². The summed E-state index contributed by atoms with van der Waals surface area (Å²) in [6, 6.07) is 4.08. The van der Waals surface area contributed by atoms with Gasteiger partial charge in [0.25, 0.3) is 0 Å². The Morgan fingerprint density at radius 3 is 2.73 bits per heavy atom. The molecule has 7 heteroatoms. The highest BCUT2D eigenvalue weighted by Crippen LogP contribution is 2.30. The van der Waals surface area contributed by atoms with Crippen LogP contribution < -0.4 is 5.32 Å². The second-order valence-corrected chi connectivity index (χ2v) is 8.55. The largest absolute Gasteiger partial charge is 0.352 e. The van der Waals surface area contributed by atoms with Crippen LogP contribution in [-0.4, -0.2) is 36.9 Å². The summed E-state index contributed by atoms with van der Waals surface area (Å²) in [7, 11) is 1.92. The SMILES string of the molecule is C[C@@H]1[C@H](C)CCC[C@H]1NC(=O)[C@@H](C)Sc1nnc(-c2ccncc2)n1C. The standard InChI is InChI=1S/C19H27N5OS/c1-12-6-5-7-16(13(12)2)21-18(25)14(3)26-19-23-22-17(24(19)4)15-8-10-20-11-9-15/h8-14,16H,5-7H2,1-4H3,(H,21,25)/t12-,13-,14-,16-/m1/s1. The van der Waals surface area contributed by atoms with Gasteiger partial charge in [0, 0.05) is 31.0 Å². The first-order valence-electron chi connectivity index (χ1n) is 9.24. The topological polar surface area (TPSA) is 72.7 Å². The normalized spacial score (nSPS) is 24.2. The maximum atomic E-state index is 12.7. The van der Waals surface area contributed by atoms with E-state index in [1.54, 1.807) is 12.4 Å². The number of amides is 1. The molecule has 0 spiro atoms. The van der Waals surface area contributed by atoms with Gasteiger partial charge in [-0.2, -0.15) is 0 Å². The lowest BCUT2D eigenvalue weighted by Crippen LogP contribution is -2.46. The molecule has 26 heavy (non-hydrogen) atoms. The Morgan fingerprint density at radius 2 is 2.00 bits per heavy atom. The minimum Gasteiger partial charge on any atom is -0.352 e. The molecule has 1 aliphatic carbocycles. The molecule has 6 nitrogen and oxygen atoms in total. The van der Waals surface area contributed by atoms with E-state index in [0.717, 1.165) is 23.0 Å². The Hall–Kier alpha value is -1.89. The average molecular weight is 374 g/mol. The van der Waals surface area contributed by atoms with E-state index in [4.69, 9.17) is 0 Å². The fourth-order valence-electron chi connectivity index (χ4n) is 3.47. The molecular formula is C19H27N5OS. The van der Waals surface area contributed by atoms with Crippen molar-refractivity contribution >= 4 is 17.7 Å². The van der Waals surface area contributed by atoms with E-state index in [1.807, 2.05) is 30.7 Å². The summed E-state index contributed by atoms with van der Waals surface area (Å²) >= 11 is 1.45. The van der Waals surface area contributed by atoms with Crippen LogP contribution in [-0.2, 0) is 11.8 Å². The van der Waals surface area contributed by atoms with Gasteiger partial charge in [0.15, 0.2) is 11.0 Å². The van der Waals surface area contributed by atoms with E-state index < -0.39 is 0 Å². The molecule has 1 amide bonds. The first kappa shape index (κ1) is 18.9. The number of hydrogen-bond donors (Lipinski definition) is 1. The van der Waals surface area contributed by atoms with Crippen molar-refractivity contribution in [3.63, 3.8) is 0 Å². The number of carbonyl (C=O) groups is 1. The number of hydrogen-bond acceptors (Lipinski definition) is 5. The third-order valence-corrected chi connectivity index (χ3v) is 6.59. The van der Waals surface area contributed by atoms with Gasteiger partial charge in [0.1, 0.15) is 0 Å². The summed E-state index contributed by atoms with van der Waals surface area (Å²) in [6.07, 6.45) is 6.99. The zero-order chi connectivity index (χ0) is 18.7. The van der Waals surface area contributed by atoms with Crippen molar-refractivity contribution in [1.82, 2.24) is 25.1 Å². The lowest BCUT2D eigenvalue weighted by atomic mass is 9.78. The molecule has 2 aromatic heterocycles. The van der Waals surface area contributed by atoms with Crippen molar-refractivity contribution in [3.8, 4) is 11.4 Å². The Kier molecular flexibility index (Phi) is 5.96. The number of rotatable bonds is 5. The van der Waals surface area contributed by atoms with Crippen LogP contribution in [0, 0.1) is 11.8 Å². The van der Waals surface area contributed by atoms with E-state index in [-0.39, 0.29) is 17.2 Å². The highest BCUT2D eigenvalue weighted by molar-refractivity contribution is 8.00. The Bertz CT molecular complexity index is 748. The van der Waals surface area contributed by atoms with Crippen LogP contribution in [0.3, 0.4) is 0 Å². The molecule has 1 saturated carbocycles. The van der Waals surface area contributed by atoms with Crippen molar-refractivity contribution in [2.24, 2.45) is 18.9 Å². The van der Waals surface area contributed by atoms with Crippen molar-refractivity contribution in [1.29, 1.82) is 0 Å². The zero-order valence-electron chi connectivity index (χ0n) is 15.8. The monoisotopic (exact) mass is 373 g/mol. The molecule has 0 aliphatic heterocycles. The van der Waals surface area contributed by atoms with Crippen LogP contribution >= 0.6 is 11.8 Å². The summed E-state index contributed by atoms with van der Waals surface area (Å²) in [4.78, 5) is 16.7. The van der Waals surface area contributed by atoms with Gasteiger partial charge in [0.2, 0.25) is 5.91 Å². The Morgan fingerprint density at radius 1 is 1.27 bits per heavy atom. The van der Waals surface area contributed by atoms with E-state index in [9.17, 15) is 4.79 Å². The van der Waals surface area contributed by atoms with Crippen molar-refractivity contribution < 1.29 is 4.79 Å². The van der Waals surface area contributed by atoms with Crippen molar-refractivity contribution in [2.75, 3.05) is 0 Å². The van der Waals surface area contributed by atoms with Crippen LogP contribution in [0.5, 0.6) is 0 Å². The summed E-state index contributed by atoms with van der Waals surface area (Å²) in [5.41, 5.74) is 0.962. The number of nitrogens with zero attached hydrogens (tertiary/aromatic N) is 4. The molecule has 4 atom stereocenters.